The van der Waals surface area contributed by atoms with Gasteiger partial charge >= 0.3 is 7.82 Å². The molecule has 0 aromatic carbocycles. The van der Waals surface area contributed by atoms with Crippen molar-refractivity contribution in [2.24, 2.45) is 0 Å². The number of carbonyl (C=O) groups is 2. The summed E-state index contributed by atoms with van der Waals surface area (Å²) < 4.78 is 8.88. The Morgan fingerprint density at radius 2 is 0.828 bits per heavy atom. The van der Waals surface area contributed by atoms with Gasteiger partial charge in [-0.15, -0.1) is 0 Å². The lowest BCUT2D eigenvalue weighted by Crippen LogP contribution is -2.44. The minimum absolute atomic E-state index is 0.767. The second-order valence-corrected chi connectivity index (χ2v) is 6.16. The van der Waals surface area contributed by atoms with E-state index in [1.54, 1.807) is 0 Å². The van der Waals surface area contributed by atoms with Crippen LogP contribution in [0.4, 0.5) is 0 Å². The van der Waals surface area contributed by atoms with Crippen LogP contribution >= 0.6 is 7.82 Å². The average molecular weight is 458 g/mol. The molecule has 13 N–H and O–H groups in total. The van der Waals surface area contributed by atoms with Crippen LogP contribution in [0.3, 0.4) is 0 Å². The molecule has 6 atom stereocenters. The minimum Gasteiger partial charge on any atom is -0.394 e. The monoisotopic (exact) mass is 458 g/mol. The highest BCUT2D eigenvalue weighted by Crippen LogP contribution is 2.25. The zero-order chi connectivity index (χ0) is 23.9. The number of carbonyl (C=O) groups excluding carboxylic acids is 2. The van der Waals surface area contributed by atoms with Gasteiger partial charge in [0.05, 0.1) is 13.2 Å². The van der Waals surface area contributed by atoms with Crippen molar-refractivity contribution in [3.8, 4) is 0 Å². The molecule has 0 fully saturated rings. The minimum atomic E-state index is -4.64. The van der Waals surface area contributed by atoms with Crippen LogP contribution in [0.5, 0.6) is 0 Å². The maximum absolute atomic E-state index is 10.5. The van der Waals surface area contributed by atoms with Crippen molar-refractivity contribution in [2.75, 3.05) is 26.4 Å². The largest absolute Gasteiger partial charge is 0.466 e. The van der Waals surface area contributed by atoms with Crippen molar-refractivity contribution >= 4 is 19.4 Å². The fourth-order valence-corrected chi connectivity index (χ4v) is 1.20. The quantitative estimate of drug-likeness (QED) is 0.135. The number of Topliss-reactive ketones (excluding diaryl/α,β-unsaturated/α-hetero) is 2. The molecule has 0 aromatic rings. The number of phosphoric acid groups is 1. The third kappa shape index (κ3) is 17.6. The Bertz CT molecular complexity index is 452. The van der Waals surface area contributed by atoms with E-state index in [0.29, 0.717) is 0 Å². The molecule has 0 saturated carbocycles. The summed E-state index contributed by atoms with van der Waals surface area (Å²) in [6.07, 6.45) is -10.4. The summed E-state index contributed by atoms with van der Waals surface area (Å²) in [4.78, 5) is 42.6. The molecule has 29 heavy (non-hydrogen) atoms. The lowest BCUT2D eigenvalue weighted by Gasteiger charge is -2.19. The normalized spacial score (nSPS) is 17.3. The van der Waals surface area contributed by atoms with Gasteiger partial charge in [-0.05, 0) is 0 Å². The van der Waals surface area contributed by atoms with Crippen molar-refractivity contribution in [1.82, 2.24) is 0 Å². The zero-order valence-electron chi connectivity index (χ0n) is 14.8. The van der Waals surface area contributed by atoms with Crippen LogP contribution in [0, 0.1) is 0 Å². The highest BCUT2D eigenvalue weighted by Gasteiger charge is 2.29. The van der Waals surface area contributed by atoms with E-state index in [-0.39, 0.29) is 0 Å². The molecule has 0 aliphatic heterocycles. The standard InChI is InChI=1S/2C6H12O6.H3O4P/c2*7-1-3(9)5(11)6(12)4(10)2-8;1-5(2,3)4/h2*3,5-9,11-12H,1-2H2;(H3,1,2,3,4)/t2*3-,5-,6-;/m11./s1. The van der Waals surface area contributed by atoms with Gasteiger partial charge in [-0.3, -0.25) is 9.59 Å². The Morgan fingerprint density at radius 1 is 0.621 bits per heavy atom. The number of hydrogen-bond acceptors (Lipinski definition) is 13. The molecule has 0 saturated heterocycles. The van der Waals surface area contributed by atoms with Gasteiger partial charge in [0.1, 0.15) is 49.8 Å². The Balaban J connectivity index is -0.000000380. The first-order chi connectivity index (χ1) is 13.1. The van der Waals surface area contributed by atoms with Crippen molar-refractivity contribution in [3.63, 3.8) is 0 Å². The van der Waals surface area contributed by atoms with E-state index in [4.69, 9.17) is 70.3 Å². The van der Waals surface area contributed by atoms with Crippen molar-refractivity contribution in [3.05, 3.63) is 0 Å². The van der Waals surface area contributed by atoms with E-state index >= 15 is 0 Å². The lowest BCUT2D eigenvalue weighted by molar-refractivity contribution is -0.143. The van der Waals surface area contributed by atoms with E-state index in [0.717, 1.165) is 0 Å². The van der Waals surface area contributed by atoms with Crippen LogP contribution in [0.2, 0.25) is 0 Å². The van der Waals surface area contributed by atoms with Gasteiger partial charge < -0.3 is 65.7 Å². The second kappa shape index (κ2) is 16.8. The zero-order valence-corrected chi connectivity index (χ0v) is 15.7. The summed E-state index contributed by atoms with van der Waals surface area (Å²) in [5.41, 5.74) is 0. The van der Waals surface area contributed by atoms with E-state index in [1.807, 2.05) is 0 Å². The van der Waals surface area contributed by atoms with Gasteiger partial charge in [-0.25, -0.2) is 4.57 Å². The molecule has 17 heteroatoms. The first kappa shape index (κ1) is 32.7. The van der Waals surface area contributed by atoms with Crippen LogP contribution in [0.15, 0.2) is 0 Å². The fraction of sp³-hybridized carbons (Fsp3) is 0.833. The van der Waals surface area contributed by atoms with E-state index in [9.17, 15) is 9.59 Å². The number of rotatable bonds is 10. The molecule has 0 amide bonds. The van der Waals surface area contributed by atoms with Crippen molar-refractivity contribution in [1.29, 1.82) is 0 Å². The predicted molar refractivity (Wildman–Crippen MR) is 88.7 cm³/mol. The number of ketones is 2. The number of aliphatic hydroxyl groups is 10. The Hall–Kier alpha value is -0.950. The highest BCUT2D eigenvalue weighted by molar-refractivity contribution is 7.45. The van der Waals surface area contributed by atoms with Gasteiger partial charge in [0.25, 0.3) is 0 Å². The topological polar surface area (TPSA) is 314 Å². The van der Waals surface area contributed by atoms with Gasteiger partial charge in [-0.1, -0.05) is 0 Å². The molecule has 0 aliphatic rings. The Morgan fingerprint density at radius 3 is 0.966 bits per heavy atom. The third-order valence-corrected chi connectivity index (χ3v) is 2.78. The Labute approximate surface area is 163 Å². The molecule has 176 valence electrons. The van der Waals surface area contributed by atoms with Crippen molar-refractivity contribution < 1.29 is 79.9 Å². The first-order valence-electron chi connectivity index (χ1n) is 7.44. The summed E-state index contributed by atoms with van der Waals surface area (Å²) in [5.74, 6) is -2.01. The molecule has 0 spiro atoms. The van der Waals surface area contributed by atoms with Crippen LogP contribution in [-0.4, -0.2) is 140 Å². The maximum atomic E-state index is 10.5. The second-order valence-electron chi connectivity index (χ2n) is 5.13. The van der Waals surface area contributed by atoms with E-state index in [2.05, 4.69) is 0 Å². The summed E-state index contributed by atoms with van der Waals surface area (Å²) >= 11 is 0. The summed E-state index contributed by atoms with van der Waals surface area (Å²) in [6, 6.07) is 0. The number of aliphatic hydroxyl groups excluding tert-OH is 10. The molecular weight excluding hydrogens is 431 g/mol. The molecule has 0 bridgehead atoms. The molecule has 0 radical (unpaired) electrons. The Kier molecular flexibility index (Phi) is 19.0. The summed E-state index contributed by atoms with van der Waals surface area (Å²) in [5, 5.41) is 86.1. The van der Waals surface area contributed by atoms with Gasteiger partial charge in [0.15, 0.2) is 11.6 Å². The van der Waals surface area contributed by atoms with Gasteiger partial charge in [-0.2, -0.15) is 0 Å². The van der Waals surface area contributed by atoms with Crippen molar-refractivity contribution in [2.45, 2.75) is 36.6 Å². The predicted octanol–water partition coefficient (Wildman–Crippen LogP) is -7.68. The number of hydrogen-bond donors (Lipinski definition) is 13. The highest BCUT2D eigenvalue weighted by atomic mass is 31.2. The van der Waals surface area contributed by atoms with E-state index < -0.39 is 82.4 Å². The molecule has 0 aromatic heterocycles. The smallest absolute Gasteiger partial charge is 0.394 e. The third-order valence-electron chi connectivity index (χ3n) is 2.78. The molecule has 0 aliphatic carbocycles. The average Bonchev–Trinajstić information content (AvgIpc) is 2.67. The van der Waals surface area contributed by atoms with Gasteiger partial charge in [0.2, 0.25) is 0 Å². The summed E-state index contributed by atoms with van der Waals surface area (Å²) in [6.45, 7) is -3.37. The lowest BCUT2D eigenvalue weighted by atomic mass is 10.1. The van der Waals surface area contributed by atoms with Crippen LogP contribution in [-0.2, 0) is 14.2 Å². The first-order valence-corrected chi connectivity index (χ1v) is 9.00. The molecule has 16 nitrogen and oxygen atoms in total. The maximum Gasteiger partial charge on any atom is 0.466 e. The fourth-order valence-electron chi connectivity index (χ4n) is 1.20. The SMILES string of the molecule is O=C(CO)[C@@H](O)[C@H](O)[C@H](O)CO.O=C(CO)[C@@H](O)[C@H](O)[C@H](O)CO.O=P(O)(O)O. The van der Waals surface area contributed by atoms with Crippen LogP contribution in [0.1, 0.15) is 0 Å². The molecule has 0 unspecified atom stereocenters. The van der Waals surface area contributed by atoms with Crippen LogP contribution < -0.4 is 0 Å². The summed E-state index contributed by atoms with van der Waals surface area (Å²) in [7, 11) is -4.64. The van der Waals surface area contributed by atoms with Gasteiger partial charge in [0, 0.05) is 0 Å². The molecule has 0 rings (SSSR count). The molecular formula is C12H27O16P. The van der Waals surface area contributed by atoms with Crippen LogP contribution in [0.25, 0.3) is 0 Å². The van der Waals surface area contributed by atoms with E-state index in [1.165, 1.54) is 0 Å². The molecule has 0 heterocycles.